The van der Waals surface area contributed by atoms with Crippen LogP contribution in [-0.4, -0.2) is 38.7 Å². The fraction of sp³-hybridized carbons (Fsp3) is 0.300. The van der Waals surface area contributed by atoms with Crippen LogP contribution in [0.2, 0.25) is 5.02 Å². The van der Waals surface area contributed by atoms with Crippen LogP contribution in [0.1, 0.15) is 18.4 Å². The molecule has 1 aliphatic heterocycles. The van der Waals surface area contributed by atoms with Crippen LogP contribution in [0, 0.1) is 12.8 Å². The molecule has 3 aromatic rings. The molecule has 0 saturated carbocycles. The molecule has 0 bridgehead atoms. The maximum atomic E-state index is 12.8. The molecule has 1 amide bonds. The number of hydrogen-bond acceptors (Lipinski definition) is 5. The van der Waals surface area contributed by atoms with Gasteiger partial charge in [0, 0.05) is 42.3 Å². The van der Waals surface area contributed by atoms with Gasteiger partial charge in [-0.3, -0.25) is 4.79 Å². The molecule has 2 aromatic heterocycles. The van der Waals surface area contributed by atoms with Crippen LogP contribution < -0.4 is 10.2 Å². The number of amides is 1. The minimum absolute atomic E-state index is 0.00553. The zero-order valence-electron chi connectivity index (χ0n) is 15.5. The van der Waals surface area contributed by atoms with Gasteiger partial charge in [0.1, 0.15) is 12.1 Å². The largest absolute Gasteiger partial charge is 0.356 e. The number of rotatable bonds is 4. The Morgan fingerprint density at radius 1 is 1.25 bits per heavy atom. The third kappa shape index (κ3) is 3.99. The van der Waals surface area contributed by atoms with Crippen LogP contribution in [-0.2, 0) is 4.79 Å². The summed E-state index contributed by atoms with van der Waals surface area (Å²) in [6.45, 7) is 3.41. The summed E-state index contributed by atoms with van der Waals surface area (Å²) in [6.07, 6.45) is 6.85. The fourth-order valence-corrected chi connectivity index (χ4v) is 3.53. The molecule has 1 saturated heterocycles. The highest BCUT2D eigenvalue weighted by atomic mass is 35.5. The SMILES string of the molecule is Cc1ccc(NC(=O)[C@H]2CCCN(c3cc(-n4cccn4)ncn3)C2)cc1Cl. The fourth-order valence-electron chi connectivity index (χ4n) is 3.35. The van der Waals surface area contributed by atoms with E-state index < -0.39 is 0 Å². The van der Waals surface area contributed by atoms with E-state index >= 15 is 0 Å². The first kappa shape index (κ1) is 18.4. The smallest absolute Gasteiger partial charge is 0.229 e. The maximum Gasteiger partial charge on any atom is 0.229 e. The Bertz CT molecular complexity index is 975. The first-order valence-corrected chi connectivity index (χ1v) is 9.62. The van der Waals surface area contributed by atoms with E-state index in [-0.39, 0.29) is 11.8 Å². The minimum Gasteiger partial charge on any atom is -0.356 e. The predicted molar refractivity (Wildman–Crippen MR) is 109 cm³/mol. The molecule has 8 heteroatoms. The van der Waals surface area contributed by atoms with Crippen molar-refractivity contribution in [2.75, 3.05) is 23.3 Å². The summed E-state index contributed by atoms with van der Waals surface area (Å²) in [7, 11) is 0. The monoisotopic (exact) mass is 396 g/mol. The van der Waals surface area contributed by atoms with Gasteiger partial charge in [-0.05, 0) is 43.5 Å². The lowest BCUT2D eigenvalue weighted by Gasteiger charge is -2.32. The van der Waals surface area contributed by atoms with Crippen LogP contribution >= 0.6 is 11.6 Å². The summed E-state index contributed by atoms with van der Waals surface area (Å²) in [5.41, 5.74) is 1.71. The van der Waals surface area contributed by atoms with Crippen molar-refractivity contribution < 1.29 is 4.79 Å². The summed E-state index contributed by atoms with van der Waals surface area (Å²) < 4.78 is 1.69. The number of piperidine rings is 1. The number of aryl methyl sites for hydroxylation is 1. The van der Waals surface area contributed by atoms with Gasteiger partial charge in [0.2, 0.25) is 5.91 Å². The standard InChI is InChI=1S/C20H21ClN6O/c1-14-5-6-16(10-17(14)21)25-20(28)15-4-2-8-26(12-15)18-11-19(23-13-22-18)27-9-3-7-24-27/h3,5-7,9-11,13,15H,2,4,8,12H2,1H3,(H,25,28)/t15-/m0/s1. The van der Waals surface area contributed by atoms with Crippen molar-refractivity contribution in [1.82, 2.24) is 19.7 Å². The second kappa shape index (κ2) is 7.98. The number of carbonyl (C=O) groups is 1. The lowest BCUT2D eigenvalue weighted by Crippen LogP contribution is -2.41. The molecule has 7 nitrogen and oxygen atoms in total. The molecule has 3 heterocycles. The molecule has 1 N–H and O–H groups in total. The first-order chi connectivity index (χ1) is 13.6. The van der Waals surface area contributed by atoms with E-state index in [0.717, 1.165) is 36.5 Å². The number of halogens is 1. The van der Waals surface area contributed by atoms with E-state index in [9.17, 15) is 4.79 Å². The van der Waals surface area contributed by atoms with Crippen molar-refractivity contribution >= 4 is 29.0 Å². The van der Waals surface area contributed by atoms with Crippen LogP contribution in [0.3, 0.4) is 0 Å². The van der Waals surface area contributed by atoms with Crippen molar-refractivity contribution in [3.63, 3.8) is 0 Å². The van der Waals surface area contributed by atoms with E-state index in [1.165, 1.54) is 6.33 Å². The Kier molecular flexibility index (Phi) is 5.25. The quantitative estimate of drug-likeness (QED) is 0.730. The second-order valence-corrected chi connectivity index (χ2v) is 7.33. The van der Waals surface area contributed by atoms with Crippen LogP contribution in [0.4, 0.5) is 11.5 Å². The van der Waals surface area contributed by atoms with Gasteiger partial charge < -0.3 is 10.2 Å². The highest BCUT2D eigenvalue weighted by Gasteiger charge is 2.27. The maximum absolute atomic E-state index is 12.8. The lowest BCUT2D eigenvalue weighted by molar-refractivity contribution is -0.120. The number of benzene rings is 1. The number of hydrogen-bond donors (Lipinski definition) is 1. The van der Waals surface area contributed by atoms with Gasteiger partial charge in [-0.25, -0.2) is 14.6 Å². The molecule has 0 spiro atoms. The number of nitrogens with one attached hydrogen (secondary N) is 1. The highest BCUT2D eigenvalue weighted by Crippen LogP contribution is 2.25. The van der Waals surface area contributed by atoms with Gasteiger partial charge in [-0.1, -0.05) is 17.7 Å². The number of carbonyl (C=O) groups excluding carboxylic acids is 1. The van der Waals surface area contributed by atoms with Crippen molar-refractivity contribution in [2.45, 2.75) is 19.8 Å². The summed E-state index contributed by atoms with van der Waals surface area (Å²) >= 11 is 6.16. The van der Waals surface area contributed by atoms with Crippen molar-refractivity contribution in [3.05, 3.63) is 59.6 Å². The Balaban J connectivity index is 1.46. The molecular weight excluding hydrogens is 376 g/mol. The number of aromatic nitrogens is 4. The zero-order valence-corrected chi connectivity index (χ0v) is 16.3. The third-order valence-electron chi connectivity index (χ3n) is 4.93. The second-order valence-electron chi connectivity index (χ2n) is 6.92. The lowest BCUT2D eigenvalue weighted by atomic mass is 9.97. The molecule has 4 rings (SSSR count). The molecule has 28 heavy (non-hydrogen) atoms. The van der Waals surface area contributed by atoms with Crippen LogP contribution in [0.25, 0.3) is 5.82 Å². The molecule has 1 aliphatic rings. The van der Waals surface area contributed by atoms with E-state index in [1.54, 1.807) is 16.9 Å². The minimum atomic E-state index is -0.114. The van der Waals surface area contributed by atoms with Crippen LogP contribution in [0.5, 0.6) is 0 Å². The van der Waals surface area contributed by atoms with Crippen molar-refractivity contribution in [2.24, 2.45) is 5.92 Å². The van der Waals surface area contributed by atoms with Crippen LogP contribution in [0.15, 0.2) is 49.1 Å². The summed E-state index contributed by atoms with van der Waals surface area (Å²) in [5, 5.41) is 7.85. The zero-order chi connectivity index (χ0) is 19.5. The average molecular weight is 397 g/mol. The average Bonchev–Trinajstić information content (AvgIpc) is 3.26. The summed E-state index contributed by atoms with van der Waals surface area (Å²) in [5.74, 6) is 1.40. The molecule has 0 radical (unpaired) electrons. The Hall–Kier alpha value is -2.93. The van der Waals surface area contributed by atoms with E-state index in [1.807, 2.05) is 37.4 Å². The van der Waals surface area contributed by atoms with Gasteiger partial charge in [-0.2, -0.15) is 5.10 Å². The molecule has 0 unspecified atom stereocenters. The van der Waals surface area contributed by atoms with Gasteiger partial charge in [0.25, 0.3) is 0 Å². The molecule has 1 aromatic carbocycles. The van der Waals surface area contributed by atoms with Gasteiger partial charge in [0.15, 0.2) is 5.82 Å². The Labute approximate surface area is 168 Å². The summed E-state index contributed by atoms with van der Waals surface area (Å²) in [6, 6.07) is 9.31. The summed E-state index contributed by atoms with van der Waals surface area (Å²) in [4.78, 5) is 23.6. The first-order valence-electron chi connectivity index (χ1n) is 9.24. The third-order valence-corrected chi connectivity index (χ3v) is 5.34. The number of anilines is 2. The predicted octanol–water partition coefficient (Wildman–Crippen LogP) is 3.48. The van der Waals surface area contributed by atoms with E-state index in [0.29, 0.717) is 17.4 Å². The molecular formula is C20H21ClN6O. The number of nitrogens with zero attached hydrogens (tertiary/aromatic N) is 5. The molecule has 0 aliphatic carbocycles. The van der Waals surface area contributed by atoms with Gasteiger partial charge in [-0.15, -0.1) is 0 Å². The highest BCUT2D eigenvalue weighted by molar-refractivity contribution is 6.31. The van der Waals surface area contributed by atoms with Gasteiger partial charge >= 0.3 is 0 Å². The Morgan fingerprint density at radius 3 is 2.89 bits per heavy atom. The topological polar surface area (TPSA) is 75.9 Å². The van der Waals surface area contributed by atoms with Crippen molar-refractivity contribution in [3.8, 4) is 5.82 Å². The normalized spacial score (nSPS) is 16.8. The van der Waals surface area contributed by atoms with Gasteiger partial charge in [0.05, 0.1) is 5.92 Å². The van der Waals surface area contributed by atoms with E-state index in [2.05, 4.69) is 25.3 Å². The molecule has 1 fully saturated rings. The molecule has 144 valence electrons. The molecule has 1 atom stereocenters. The van der Waals surface area contributed by atoms with Crippen molar-refractivity contribution in [1.29, 1.82) is 0 Å². The van der Waals surface area contributed by atoms with E-state index in [4.69, 9.17) is 11.6 Å². The Morgan fingerprint density at radius 2 is 2.11 bits per heavy atom.